The van der Waals surface area contributed by atoms with Crippen LogP contribution in [0.5, 0.6) is 0 Å². The highest BCUT2D eigenvalue weighted by atomic mass is 15.1. The number of nitrogens with two attached hydrogens (primary N) is 1. The predicted octanol–water partition coefficient (Wildman–Crippen LogP) is 2.84. The fraction of sp³-hybridized carbons (Fsp3) is 0.533. The van der Waals surface area contributed by atoms with Gasteiger partial charge in [-0.3, -0.25) is 0 Å². The number of aryl methyl sites for hydroxylation is 1. The molecule has 1 rings (SSSR count). The lowest BCUT2D eigenvalue weighted by Gasteiger charge is -2.24. The summed E-state index contributed by atoms with van der Waals surface area (Å²) in [7, 11) is 2.08. The molecule has 0 bridgehead atoms. The molecule has 3 heteroatoms. The smallest absolute Gasteiger partial charge is 0.104 e. The van der Waals surface area contributed by atoms with Crippen LogP contribution in [-0.2, 0) is 0 Å². The van der Waals surface area contributed by atoms with Crippen LogP contribution >= 0.6 is 0 Å². The summed E-state index contributed by atoms with van der Waals surface area (Å²) in [4.78, 5) is 2.22. The van der Waals surface area contributed by atoms with E-state index in [1.54, 1.807) is 0 Å². The molecule has 0 aliphatic heterocycles. The molecular weight excluding hydrogens is 222 g/mol. The highest BCUT2D eigenvalue weighted by molar-refractivity contribution is 5.52. The highest BCUT2D eigenvalue weighted by Crippen LogP contribution is 2.19. The van der Waals surface area contributed by atoms with Crippen molar-refractivity contribution in [2.75, 3.05) is 18.5 Å². The molecule has 0 radical (unpaired) electrons. The SMILES string of the molecule is CCC(N)(C#N)CCCN(C)c1ccccc1C. The molecule has 0 aliphatic carbocycles. The van der Waals surface area contributed by atoms with E-state index in [1.807, 2.05) is 19.1 Å². The standard InChI is InChI=1S/C15H23N3/c1-4-15(17,12-16)10-7-11-18(3)14-9-6-5-8-13(14)2/h5-6,8-9H,4,7,10-11,17H2,1-3H3. The summed E-state index contributed by atoms with van der Waals surface area (Å²) < 4.78 is 0. The molecule has 3 nitrogen and oxygen atoms in total. The zero-order chi connectivity index (χ0) is 13.6. The van der Waals surface area contributed by atoms with Gasteiger partial charge in [-0.25, -0.2) is 0 Å². The van der Waals surface area contributed by atoms with Crippen molar-refractivity contribution in [1.29, 1.82) is 5.26 Å². The van der Waals surface area contributed by atoms with Gasteiger partial charge in [-0.05, 0) is 37.8 Å². The van der Waals surface area contributed by atoms with Crippen molar-refractivity contribution in [3.05, 3.63) is 29.8 Å². The Kier molecular flexibility index (Phi) is 5.18. The summed E-state index contributed by atoms with van der Waals surface area (Å²) in [5.41, 5.74) is 7.83. The van der Waals surface area contributed by atoms with Crippen molar-refractivity contribution >= 4 is 5.69 Å². The van der Waals surface area contributed by atoms with Gasteiger partial charge in [0.2, 0.25) is 0 Å². The van der Waals surface area contributed by atoms with E-state index in [0.717, 1.165) is 19.4 Å². The van der Waals surface area contributed by atoms with Crippen LogP contribution in [0.2, 0.25) is 0 Å². The Morgan fingerprint density at radius 2 is 2.06 bits per heavy atom. The van der Waals surface area contributed by atoms with E-state index in [2.05, 4.69) is 37.1 Å². The minimum Gasteiger partial charge on any atom is -0.374 e. The lowest BCUT2D eigenvalue weighted by Crippen LogP contribution is -2.38. The maximum atomic E-state index is 9.02. The van der Waals surface area contributed by atoms with Gasteiger partial charge in [-0.2, -0.15) is 5.26 Å². The second-order valence-electron chi connectivity index (χ2n) is 4.93. The Labute approximate surface area is 110 Å². The fourth-order valence-corrected chi connectivity index (χ4v) is 2.06. The molecule has 18 heavy (non-hydrogen) atoms. The van der Waals surface area contributed by atoms with E-state index in [4.69, 9.17) is 11.0 Å². The van der Waals surface area contributed by atoms with Gasteiger partial charge < -0.3 is 10.6 Å². The highest BCUT2D eigenvalue weighted by Gasteiger charge is 2.21. The molecule has 0 amide bonds. The van der Waals surface area contributed by atoms with Gasteiger partial charge in [0.25, 0.3) is 0 Å². The number of anilines is 1. The first-order chi connectivity index (χ1) is 8.52. The third kappa shape index (κ3) is 3.75. The average molecular weight is 245 g/mol. The molecule has 98 valence electrons. The van der Waals surface area contributed by atoms with Crippen LogP contribution in [0.1, 0.15) is 31.7 Å². The number of benzene rings is 1. The Balaban J connectivity index is 2.51. The van der Waals surface area contributed by atoms with Crippen LogP contribution < -0.4 is 10.6 Å². The Morgan fingerprint density at radius 3 is 2.61 bits per heavy atom. The zero-order valence-electron chi connectivity index (χ0n) is 11.6. The molecule has 1 aromatic carbocycles. The predicted molar refractivity (Wildman–Crippen MR) is 76.5 cm³/mol. The number of nitriles is 1. The molecule has 1 unspecified atom stereocenters. The van der Waals surface area contributed by atoms with Crippen molar-refractivity contribution in [3.63, 3.8) is 0 Å². The van der Waals surface area contributed by atoms with Crippen LogP contribution in [0, 0.1) is 18.3 Å². The summed E-state index contributed by atoms with van der Waals surface area (Å²) in [5.74, 6) is 0. The van der Waals surface area contributed by atoms with Gasteiger partial charge >= 0.3 is 0 Å². The summed E-state index contributed by atoms with van der Waals surface area (Å²) >= 11 is 0. The monoisotopic (exact) mass is 245 g/mol. The summed E-state index contributed by atoms with van der Waals surface area (Å²) in [6.45, 7) is 5.00. The Hall–Kier alpha value is -1.53. The van der Waals surface area contributed by atoms with Crippen LogP contribution in [0.25, 0.3) is 0 Å². The van der Waals surface area contributed by atoms with Gasteiger partial charge in [-0.1, -0.05) is 25.1 Å². The van der Waals surface area contributed by atoms with Gasteiger partial charge in [0, 0.05) is 19.3 Å². The van der Waals surface area contributed by atoms with E-state index >= 15 is 0 Å². The molecule has 0 aliphatic rings. The summed E-state index contributed by atoms with van der Waals surface area (Å²) in [6.07, 6.45) is 2.39. The van der Waals surface area contributed by atoms with Gasteiger partial charge in [0.05, 0.1) is 6.07 Å². The number of hydrogen-bond donors (Lipinski definition) is 1. The van der Waals surface area contributed by atoms with Crippen molar-refractivity contribution in [3.8, 4) is 6.07 Å². The third-order valence-corrected chi connectivity index (χ3v) is 3.50. The molecule has 1 atom stereocenters. The lowest BCUT2D eigenvalue weighted by molar-refractivity contribution is 0.467. The zero-order valence-corrected chi connectivity index (χ0v) is 11.6. The van der Waals surface area contributed by atoms with Crippen molar-refractivity contribution in [2.45, 2.75) is 38.6 Å². The first kappa shape index (κ1) is 14.5. The van der Waals surface area contributed by atoms with E-state index < -0.39 is 5.54 Å². The minimum atomic E-state index is -0.660. The molecule has 1 aromatic rings. The Bertz CT molecular complexity index is 422. The third-order valence-electron chi connectivity index (χ3n) is 3.50. The number of para-hydroxylation sites is 1. The van der Waals surface area contributed by atoms with E-state index in [9.17, 15) is 0 Å². The maximum Gasteiger partial charge on any atom is 0.104 e. The van der Waals surface area contributed by atoms with Crippen molar-refractivity contribution in [1.82, 2.24) is 0 Å². The minimum absolute atomic E-state index is 0.660. The molecule has 0 saturated carbocycles. The molecule has 0 fully saturated rings. The maximum absolute atomic E-state index is 9.02. The van der Waals surface area contributed by atoms with Crippen molar-refractivity contribution < 1.29 is 0 Å². The molecule has 0 aromatic heterocycles. The number of hydrogen-bond acceptors (Lipinski definition) is 3. The quantitative estimate of drug-likeness (QED) is 0.838. The average Bonchev–Trinajstić information content (AvgIpc) is 2.39. The molecule has 0 heterocycles. The van der Waals surface area contributed by atoms with Crippen LogP contribution in [0.3, 0.4) is 0 Å². The van der Waals surface area contributed by atoms with Gasteiger partial charge in [-0.15, -0.1) is 0 Å². The topological polar surface area (TPSA) is 53.1 Å². The molecular formula is C15H23N3. The van der Waals surface area contributed by atoms with E-state index in [0.29, 0.717) is 6.42 Å². The van der Waals surface area contributed by atoms with Crippen LogP contribution in [-0.4, -0.2) is 19.1 Å². The van der Waals surface area contributed by atoms with Gasteiger partial charge in [0.15, 0.2) is 0 Å². The van der Waals surface area contributed by atoms with E-state index in [1.165, 1.54) is 11.3 Å². The van der Waals surface area contributed by atoms with Crippen LogP contribution in [0.15, 0.2) is 24.3 Å². The first-order valence-corrected chi connectivity index (χ1v) is 6.49. The second-order valence-corrected chi connectivity index (χ2v) is 4.93. The molecule has 0 saturated heterocycles. The van der Waals surface area contributed by atoms with Crippen LogP contribution in [0.4, 0.5) is 5.69 Å². The first-order valence-electron chi connectivity index (χ1n) is 6.49. The number of nitrogens with zero attached hydrogens (tertiary/aromatic N) is 2. The lowest BCUT2D eigenvalue weighted by atomic mass is 9.93. The second kappa shape index (κ2) is 6.42. The summed E-state index contributed by atoms with van der Waals surface area (Å²) in [6, 6.07) is 10.5. The normalized spacial score (nSPS) is 13.7. The number of rotatable bonds is 6. The van der Waals surface area contributed by atoms with Gasteiger partial charge in [0.1, 0.15) is 5.54 Å². The van der Waals surface area contributed by atoms with Crippen molar-refractivity contribution in [2.24, 2.45) is 5.73 Å². The molecule has 2 N–H and O–H groups in total. The fourth-order valence-electron chi connectivity index (χ4n) is 2.06. The molecule has 0 spiro atoms. The largest absolute Gasteiger partial charge is 0.374 e. The Morgan fingerprint density at radius 1 is 1.39 bits per heavy atom. The summed E-state index contributed by atoms with van der Waals surface area (Å²) in [5, 5.41) is 9.02. The van der Waals surface area contributed by atoms with E-state index in [-0.39, 0.29) is 0 Å².